The van der Waals surface area contributed by atoms with Crippen LogP contribution in [0.5, 0.6) is 0 Å². The Balaban J connectivity index is 1.85. The van der Waals surface area contributed by atoms with Crippen molar-refractivity contribution < 1.29 is 4.74 Å². The molecule has 0 aliphatic carbocycles. The van der Waals surface area contributed by atoms with E-state index >= 15 is 0 Å². The van der Waals surface area contributed by atoms with Gasteiger partial charge in [-0.2, -0.15) is 4.98 Å². The van der Waals surface area contributed by atoms with Crippen molar-refractivity contribution >= 4 is 27.7 Å². The summed E-state index contributed by atoms with van der Waals surface area (Å²) < 4.78 is 6.47. The lowest BCUT2D eigenvalue weighted by Crippen LogP contribution is -2.14. The summed E-state index contributed by atoms with van der Waals surface area (Å²) in [6.07, 6.45) is 5.56. The molecule has 1 fully saturated rings. The highest BCUT2D eigenvalue weighted by Crippen LogP contribution is 2.21. The van der Waals surface area contributed by atoms with Crippen LogP contribution in [0.4, 0.5) is 11.8 Å². The van der Waals surface area contributed by atoms with Gasteiger partial charge in [0.05, 0.1) is 10.6 Å². The monoisotopic (exact) mass is 314 g/mol. The minimum Gasteiger partial charge on any atom is -0.378 e. The van der Waals surface area contributed by atoms with Crippen LogP contribution >= 0.6 is 15.9 Å². The third-order valence-corrected chi connectivity index (χ3v) is 3.44. The lowest BCUT2D eigenvalue weighted by atomic mass is 10.2. The first-order chi connectivity index (χ1) is 8.79. The zero-order valence-corrected chi connectivity index (χ0v) is 12.2. The number of rotatable bonds is 6. The second kappa shape index (κ2) is 6.89. The largest absolute Gasteiger partial charge is 0.378 e. The van der Waals surface area contributed by atoms with E-state index in [1.165, 1.54) is 12.8 Å². The van der Waals surface area contributed by atoms with Crippen molar-refractivity contribution in [3.63, 3.8) is 0 Å². The highest BCUT2D eigenvalue weighted by Gasteiger charge is 2.15. The van der Waals surface area contributed by atoms with Gasteiger partial charge in [-0.15, -0.1) is 0 Å². The number of aromatic nitrogens is 2. The van der Waals surface area contributed by atoms with Gasteiger partial charge in [-0.3, -0.25) is 0 Å². The summed E-state index contributed by atoms with van der Waals surface area (Å²) in [6, 6.07) is 0. The molecule has 1 saturated heterocycles. The molecule has 0 radical (unpaired) electrons. The molecule has 2 heterocycles. The summed E-state index contributed by atoms with van der Waals surface area (Å²) >= 11 is 3.45. The molecule has 18 heavy (non-hydrogen) atoms. The normalized spacial score (nSPS) is 18.9. The summed E-state index contributed by atoms with van der Waals surface area (Å²) in [5.41, 5.74) is 0. The van der Waals surface area contributed by atoms with Crippen molar-refractivity contribution in [3.8, 4) is 0 Å². The van der Waals surface area contributed by atoms with Gasteiger partial charge >= 0.3 is 0 Å². The Kier molecular flexibility index (Phi) is 5.19. The van der Waals surface area contributed by atoms with Crippen molar-refractivity contribution in [1.29, 1.82) is 0 Å². The molecular weight excluding hydrogens is 296 g/mol. The molecule has 0 bridgehead atoms. The van der Waals surface area contributed by atoms with E-state index in [1.54, 1.807) is 6.20 Å². The highest BCUT2D eigenvalue weighted by atomic mass is 79.9. The van der Waals surface area contributed by atoms with E-state index in [1.807, 2.05) is 6.92 Å². The SMILES string of the molecule is CCNc1ncc(Br)c(NCCC2CCCO2)n1. The standard InChI is InChI=1S/C12H19BrN4O/c1-2-14-12-16-8-10(13)11(17-12)15-6-5-9-4-3-7-18-9/h8-9H,2-7H2,1H3,(H2,14,15,16,17). The zero-order chi connectivity index (χ0) is 12.8. The third kappa shape index (κ3) is 3.81. The summed E-state index contributed by atoms with van der Waals surface area (Å²) in [5, 5.41) is 6.42. The molecule has 0 amide bonds. The van der Waals surface area contributed by atoms with Gasteiger partial charge in [0.25, 0.3) is 0 Å². The van der Waals surface area contributed by atoms with Crippen molar-refractivity contribution in [2.24, 2.45) is 0 Å². The fourth-order valence-electron chi connectivity index (χ4n) is 1.96. The Hall–Kier alpha value is -0.880. The van der Waals surface area contributed by atoms with E-state index in [4.69, 9.17) is 4.74 Å². The molecule has 100 valence electrons. The minimum absolute atomic E-state index is 0.409. The van der Waals surface area contributed by atoms with E-state index in [9.17, 15) is 0 Å². The topological polar surface area (TPSA) is 59.1 Å². The molecule has 2 rings (SSSR count). The van der Waals surface area contributed by atoms with Gasteiger partial charge in [0.15, 0.2) is 0 Å². The van der Waals surface area contributed by atoms with Crippen LogP contribution < -0.4 is 10.6 Å². The number of anilines is 2. The summed E-state index contributed by atoms with van der Waals surface area (Å²) in [6.45, 7) is 4.62. The molecule has 1 aromatic heterocycles. The van der Waals surface area contributed by atoms with Crippen LogP contribution in [0.1, 0.15) is 26.2 Å². The Bertz CT molecular complexity index is 382. The predicted molar refractivity (Wildman–Crippen MR) is 76.0 cm³/mol. The number of nitrogens with zero attached hydrogens (tertiary/aromatic N) is 2. The molecule has 1 atom stereocenters. The highest BCUT2D eigenvalue weighted by molar-refractivity contribution is 9.10. The third-order valence-electron chi connectivity index (χ3n) is 2.86. The maximum atomic E-state index is 5.59. The van der Waals surface area contributed by atoms with Crippen LogP contribution in [0.15, 0.2) is 10.7 Å². The molecule has 0 saturated carbocycles. The predicted octanol–water partition coefficient (Wildman–Crippen LogP) is 2.65. The van der Waals surface area contributed by atoms with Crippen molar-refractivity contribution in [3.05, 3.63) is 10.7 Å². The number of hydrogen-bond donors (Lipinski definition) is 2. The van der Waals surface area contributed by atoms with Crippen LogP contribution in [-0.2, 0) is 4.74 Å². The molecule has 2 N–H and O–H groups in total. The molecule has 1 unspecified atom stereocenters. The lowest BCUT2D eigenvalue weighted by molar-refractivity contribution is 0.107. The Morgan fingerprint density at radius 2 is 2.39 bits per heavy atom. The maximum absolute atomic E-state index is 5.59. The van der Waals surface area contributed by atoms with E-state index < -0.39 is 0 Å². The average molecular weight is 315 g/mol. The van der Waals surface area contributed by atoms with Crippen LogP contribution in [0.25, 0.3) is 0 Å². The molecule has 1 aromatic rings. The van der Waals surface area contributed by atoms with Gasteiger partial charge in [0.1, 0.15) is 5.82 Å². The zero-order valence-electron chi connectivity index (χ0n) is 10.6. The molecule has 6 heteroatoms. The molecule has 0 spiro atoms. The van der Waals surface area contributed by atoms with Gasteiger partial charge < -0.3 is 15.4 Å². The van der Waals surface area contributed by atoms with Gasteiger partial charge in [0, 0.05) is 25.9 Å². The smallest absolute Gasteiger partial charge is 0.224 e. The first-order valence-electron chi connectivity index (χ1n) is 6.41. The van der Waals surface area contributed by atoms with E-state index in [0.717, 1.165) is 36.4 Å². The summed E-state index contributed by atoms with van der Waals surface area (Å²) in [4.78, 5) is 8.59. The molecule has 1 aliphatic heterocycles. The van der Waals surface area contributed by atoms with E-state index in [2.05, 4.69) is 36.5 Å². The van der Waals surface area contributed by atoms with Crippen LogP contribution in [-0.4, -0.2) is 35.8 Å². The van der Waals surface area contributed by atoms with E-state index in [-0.39, 0.29) is 0 Å². The van der Waals surface area contributed by atoms with Gasteiger partial charge in [-0.25, -0.2) is 4.98 Å². The molecule has 0 aromatic carbocycles. The summed E-state index contributed by atoms with van der Waals surface area (Å²) in [5.74, 6) is 1.49. The van der Waals surface area contributed by atoms with E-state index in [0.29, 0.717) is 12.1 Å². The molecule has 1 aliphatic rings. The van der Waals surface area contributed by atoms with Crippen molar-refractivity contribution in [2.75, 3.05) is 30.3 Å². The number of hydrogen-bond acceptors (Lipinski definition) is 5. The number of nitrogens with one attached hydrogen (secondary N) is 2. The fraction of sp³-hybridized carbons (Fsp3) is 0.667. The van der Waals surface area contributed by atoms with Crippen LogP contribution in [0.3, 0.4) is 0 Å². The second-order valence-electron chi connectivity index (χ2n) is 4.27. The first-order valence-corrected chi connectivity index (χ1v) is 7.20. The van der Waals surface area contributed by atoms with Crippen LogP contribution in [0.2, 0.25) is 0 Å². The minimum atomic E-state index is 0.409. The number of ether oxygens (including phenoxy) is 1. The fourth-order valence-corrected chi connectivity index (χ4v) is 2.29. The molecule has 5 nitrogen and oxygen atoms in total. The van der Waals surface area contributed by atoms with Gasteiger partial charge in [-0.1, -0.05) is 0 Å². The maximum Gasteiger partial charge on any atom is 0.224 e. The summed E-state index contributed by atoms with van der Waals surface area (Å²) in [7, 11) is 0. The quantitative estimate of drug-likeness (QED) is 0.845. The molecular formula is C12H19BrN4O. The Labute approximate surface area is 116 Å². The van der Waals surface area contributed by atoms with Crippen molar-refractivity contribution in [1.82, 2.24) is 9.97 Å². The second-order valence-corrected chi connectivity index (χ2v) is 5.13. The van der Waals surface area contributed by atoms with Gasteiger partial charge in [-0.05, 0) is 42.1 Å². The average Bonchev–Trinajstić information content (AvgIpc) is 2.86. The van der Waals surface area contributed by atoms with Gasteiger partial charge in [0.2, 0.25) is 5.95 Å². The van der Waals surface area contributed by atoms with Crippen molar-refractivity contribution in [2.45, 2.75) is 32.3 Å². The Morgan fingerprint density at radius 1 is 1.50 bits per heavy atom. The first kappa shape index (κ1) is 13.5. The van der Waals surface area contributed by atoms with Crippen LogP contribution in [0, 0.1) is 0 Å². The Morgan fingerprint density at radius 3 is 3.11 bits per heavy atom. The lowest BCUT2D eigenvalue weighted by Gasteiger charge is -2.12. The number of halogens is 1.